The summed E-state index contributed by atoms with van der Waals surface area (Å²) in [6, 6.07) is 7.96. The van der Waals surface area contributed by atoms with Crippen molar-refractivity contribution in [2.45, 2.75) is 12.5 Å². The molecule has 103 valence electrons. The van der Waals surface area contributed by atoms with E-state index in [9.17, 15) is 0 Å². The third kappa shape index (κ3) is 2.39. The van der Waals surface area contributed by atoms with Crippen molar-refractivity contribution in [3.05, 3.63) is 24.3 Å². The van der Waals surface area contributed by atoms with Crippen molar-refractivity contribution in [1.29, 1.82) is 5.41 Å². The van der Waals surface area contributed by atoms with Crippen molar-refractivity contribution in [3.8, 4) is 0 Å². The molecule has 2 aromatic rings. The molecule has 1 aliphatic rings. The third-order valence-electron chi connectivity index (χ3n) is 3.46. The molecule has 1 aliphatic heterocycles. The smallest absolute Gasteiger partial charge is 0.395 e. The monoisotopic (exact) mass is 271 g/mol. The fourth-order valence-corrected chi connectivity index (χ4v) is 2.41. The second-order valence-corrected chi connectivity index (χ2v) is 4.77. The zero-order valence-electron chi connectivity index (χ0n) is 11.3. The molecule has 0 bridgehead atoms. The van der Waals surface area contributed by atoms with E-state index in [1.165, 1.54) is 0 Å². The molecular weight excluding hydrogens is 255 g/mol. The summed E-state index contributed by atoms with van der Waals surface area (Å²) >= 11 is 0. The van der Waals surface area contributed by atoms with Crippen molar-refractivity contribution in [1.82, 2.24) is 25.1 Å². The Morgan fingerprint density at radius 2 is 2.35 bits per heavy atom. The highest BCUT2D eigenvalue weighted by Crippen LogP contribution is 2.14. The van der Waals surface area contributed by atoms with E-state index in [0.717, 1.165) is 30.5 Å². The Morgan fingerprint density at radius 3 is 3.20 bits per heavy atom. The lowest BCUT2D eigenvalue weighted by Gasteiger charge is -2.19. The fraction of sp³-hybridized carbons (Fsp3) is 0.417. The Balaban J connectivity index is 1.73. The number of nitrogens with one attached hydrogen (secondary N) is 2. The first-order valence-electron chi connectivity index (χ1n) is 6.54. The van der Waals surface area contributed by atoms with E-state index < -0.39 is 0 Å². The van der Waals surface area contributed by atoms with Crippen LogP contribution < -0.4 is 5.23 Å². The van der Waals surface area contributed by atoms with Gasteiger partial charge in [-0.25, -0.2) is 0 Å². The average molecular weight is 271 g/mol. The molecule has 1 atom stereocenters. The van der Waals surface area contributed by atoms with Crippen molar-refractivity contribution in [2.75, 3.05) is 20.2 Å². The first-order valence-corrected chi connectivity index (χ1v) is 6.54. The van der Waals surface area contributed by atoms with Crippen LogP contribution in [0.25, 0.3) is 11.0 Å². The van der Waals surface area contributed by atoms with Gasteiger partial charge in [-0.05, 0) is 18.6 Å². The molecule has 1 unspecified atom stereocenters. The summed E-state index contributed by atoms with van der Waals surface area (Å²) in [6.45, 7) is 1.58. The molecule has 0 spiro atoms. The molecular formula is C12H16BN6O. The zero-order valence-corrected chi connectivity index (χ0v) is 11.3. The SMILES string of the molecule is CO[B]NC1CCN(C(=N)n2nnc3ccccc32)C1. The van der Waals surface area contributed by atoms with Crippen LogP contribution in [0, 0.1) is 5.41 Å². The lowest BCUT2D eigenvalue weighted by molar-refractivity contribution is 0.417. The minimum atomic E-state index is 0.296. The molecule has 1 aromatic heterocycles. The Bertz CT molecular complexity index is 615. The number of hydrogen-bond donors (Lipinski definition) is 2. The molecule has 1 radical (unpaired) electrons. The van der Waals surface area contributed by atoms with Gasteiger partial charge in [-0.2, -0.15) is 4.68 Å². The maximum absolute atomic E-state index is 8.31. The summed E-state index contributed by atoms with van der Waals surface area (Å²) in [7, 11) is 3.20. The average Bonchev–Trinajstić information content (AvgIpc) is 3.11. The first kappa shape index (κ1) is 13.1. The van der Waals surface area contributed by atoms with Gasteiger partial charge in [0, 0.05) is 26.2 Å². The second-order valence-electron chi connectivity index (χ2n) is 4.77. The molecule has 0 saturated carbocycles. The maximum Gasteiger partial charge on any atom is 0.395 e. The summed E-state index contributed by atoms with van der Waals surface area (Å²) in [5.41, 5.74) is 1.66. The van der Waals surface area contributed by atoms with E-state index in [2.05, 4.69) is 15.5 Å². The summed E-state index contributed by atoms with van der Waals surface area (Å²) in [5.74, 6) is 0.361. The van der Waals surface area contributed by atoms with Crippen LogP contribution in [0.1, 0.15) is 6.42 Å². The molecule has 7 nitrogen and oxygen atoms in total. The topological polar surface area (TPSA) is 79.1 Å². The Labute approximate surface area is 117 Å². The summed E-state index contributed by atoms with van der Waals surface area (Å²) in [5, 5.41) is 19.6. The number of benzene rings is 1. The van der Waals surface area contributed by atoms with E-state index in [4.69, 9.17) is 10.1 Å². The van der Waals surface area contributed by atoms with Gasteiger partial charge in [0.1, 0.15) is 5.52 Å². The first-order chi connectivity index (χ1) is 9.79. The molecule has 3 rings (SSSR count). The van der Waals surface area contributed by atoms with E-state index in [-0.39, 0.29) is 0 Å². The van der Waals surface area contributed by atoms with Gasteiger partial charge in [0.2, 0.25) is 5.96 Å². The predicted molar refractivity (Wildman–Crippen MR) is 76.5 cm³/mol. The van der Waals surface area contributed by atoms with Gasteiger partial charge < -0.3 is 14.8 Å². The van der Waals surface area contributed by atoms with E-state index in [1.54, 1.807) is 19.4 Å². The standard InChI is InChI=1S/C12H16BN6O/c1-20-13-15-9-6-7-18(8-9)12(14)19-11-5-3-2-4-10(11)16-17-19/h2-5,9,14-15H,6-8H2,1H3. The normalized spacial score (nSPS) is 18.6. The van der Waals surface area contributed by atoms with Crippen LogP contribution in [-0.2, 0) is 4.65 Å². The molecule has 2 N–H and O–H groups in total. The van der Waals surface area contributed by atoms with Gasteiger partial charge in [0.15, 0.2) is 0 Å². The quantitative estimate of drug-likeness (QED) is 0.469. The van der Waals surface area contributed by atoms with Crippen LogP contribution in [0.3, 0.4) is 0 Å². The number of likely N-dealkylation sites (tertiary alicyclic amines) is 1. The van der Waals surface area contributed by atoms with Crippen molar-refractivity contribution in [3.63, 3.8) is 0 Å². The Hall–Kier alpha value is -1.93. The number of rotatable bonds is 3. The maximum atomic E-state index is 8.31. The second kappa shape index (κ2) is 5.60. The van der Waals surface area contributed by atoms with E-state index >= 15 is 0 Å². The van der Waals surface area contributed by atoms with Crippen molar-refractivity contribution >= 4 is 24.6 Å². The Morgan fingerprint density at radius 1 is 1.50 bits per heavy atom. The number of hydrogen-bond acceptors (Lipinski definition) is 5. The summed E-state index contributed by atoms with van der Waals surface area (Å²) in [4.78, 5) is 1.99. The van der Waals surface area contributed by atoms with Crippen LogP contribution in [0.4, 0.5) is 0 Å². The van der Waals surface area contributed by atoms with Gasteiger partial charge in [0.25, 0.3) is 0 Å². The predicted octanol–water partition coefficient (Wildman–Crippen LogP) is 0.0587. The minimum absolute atomic E-state index is 0.296. The molecule has 1 fully saturated rings. The number of aromatic nitrogens is 3. The fourth-order valence-electron chi connectivity index (χ4n) is 2.41. The van der Waals surface area contributed by atoms with Crippen LogP contribution in [0.2, 0.25) is 0 Å². The van der Waals surface area contributed by atoms with Crippen LogP contribution in [0.5, 0.6) is 0 Å². The van der Waals surface area contributed by atoms with E-state index in [1.807, 2.05) is 29.2 Å². The third-order valence-corrected chi connectivity index (χ3v) is 3.46. The molecule has 20 heavy (non-hydrogen) atoms. The van der Waals surface area contributed by atoms with Crippen molar-refractivity contribution in [2.24, 2.45) is 0 Å². The van der Waals surface area contributed by atoms with Gasteiger partial charge in [0.05, 0.1) is 5.52 Å². The van der Waals surface area contributed by atoms with Gasteiger partial charge in [-0.15, -0.1) is 5.10 Å². The van der Waals surface area contributed by atoms with Gasteiger partial charge in [-0.1, -0.05) is 17.3 Å². The molecule has 0 amide bonds. The summed E-state index contributed by atoms with van der Waals surface area (Å²) in [6.07, 6.45) is 0.967. The lowest BCUT2D eigenvalue weighted by atomic mass is 10.1. The number of para-hydroxylation sites is 1. The highest BCUT2D eigenvalue weighted by Gasteiger charge is 2.26. The minimum Gasteiger partial charge on any atom is -0.427 e. The molecule has 1 aromatic carbocycles. The summed E-state index contributed by atoms with van der Waals surface area (Å²) < 4.78 is 6.47. The van der Waals surface area contributed by atoms with E-state index in [0.29, 0.717) is 12.0 Å². The largest absolute Gasteiger partial charge is 0.427 e. The van der Waals surface area contributed by atoms with Crippen molar-refractivity contribution < 1.29 is 4.65 Å². The van der Waals surface area contributed by atoms with Crippen LogP contribution in [0.15, 0.2) is 24.3 Å². The molecule has 0 aliphatic carbocycles. The Kier molecular flexibility index (Phi) is 3.66. The number of fused-ring (bicyclic) bond motifs is 1. The lowest BCUT2D eigenvalue weighted by Crippen LogP contribution is -2.39. The van der Waals surface area contributed by atoms with Gasteiger partial charge >= 0.3 is 7.62 Å². The highest BCUT2D eigenvalue weighted by atomic mass is 16.4. The highest BCUT2D eigenvalue weighted by molar-refractivity contribution is 6.23. The van der Waals surface area contributed by atoms with Crippen LogP contribution >= 0.6 is 0 Å². The molecule has 2 heterocycles. The van der Waals surface area contributed by atoms with Crippen LogP contribution in [-0.4, -0.2) is 59.7 Å². The molecule has 1 saturated heterocycles. The molecule has 8 heteroatoms. The van der Waals surface area contributed by atoms with Gasteiger partial charge in [-0.3, -0.25) is 5.41 Å². The zero-order chi connectivity index (χ0) is 13.9. The number of nitrogens with zero attached hydrogens (tertiary/aromatic N) is 4.